The second kappa shape index (κ2) is 9.00. The van der Waals surface area contributed by atoms with Gasteiger partial charge in [0.05, 0.1) is 0 Å². The summed E-state index contributed by atoms with van der Waals surface area (Å²) in [6, 6.07) is 17.2. The third-order valence-corrected chi connectivity index (χ3v) is 5.34. The lowest BCUT2D eigenvalue weighted by molar-refractivity contribution is -0.118. The van der Waals surface area contributed by atoms with Crippen molar-refractivity contribution in [2.45, 2.75) is 33.1 Å². The van der Waals surface area contributed by atoms with Gasteiger partial charge in [-0.25, -0.2) is 4.98 Å². The molecule has 0 aliphatic rings. The molecule has 0 aliphatic heterocycles. The summed E-state index contributed by atoms with van der Waals surface area (Å²) in [5.74, 6) is 1.47. The number of carbonyl (C=O) groups excluding carboxylic acids is 1. The predicted octanol–water partition coefficient (Wildman–Crippen LogP) is 5.73. The van der Waals surface area contributed by atoms with Gasteiger partial charge in [0.25, 0.3) is 5.91 Å². The fourth-order valence-electron chi connectivity index (χ4n) is 3.29. The lowest BCUT2D eigenvalue weighted by Crippen LogP contribution is -2.20. The largest absolute Gasteiger partial charge is 0.484 e. The van der Waals surface area contributed by atoms with Gasteiger partial charge in [-0.15, -0.1) is 0 Å². The fraction of sp³-hybridized carbons (Fsp3) is 0.240. The third kappa shape index (κ3) is 4.74. The Balaban J connectivity index is 1.38. The number of hydrogen-bond donors (Lipinski definition) is 1. The van der Waals surface area contributed by atoms with Gasteiger partial charge in [-0.2, -0.15) is 4.98 Å². The second-order valence-electron chi connectivity index (χ2n) is 7.59. The minimum atomic E-state index is -0.215. The monoisotopic (exact) mass is 415 g/mol. The molecule has 1 N–H and O–H groups in total. The molecule has 158 valence electrons. The zero-order chi connectivity index (χ0) is 21.8. The van der Waals surface area contributed by atoms with Crippen molar-refractivity contribution < 1.29 is 13.9 Å². The Morgan fingerprint density at radius 1 is 1.16 bits per heavy atom. The topological polar surface area (TPSA) is 77.2 Å². The number of benzene rings is 2. The molecule has 2 heterocycles. The van der Waals surface area contributed by atoms with Crippen molar-refractivity contribution in [3.63, 3.8) is 0 Å². The highest BCUT2D eigenvalue weighted by Crippen LogP contribution is 2.27. The maximum atomic E-state index is 12.4. The lowest BCUT2D eigenvalue weighted by atomic mass is 9.99. The molecule has 31 heavy (non-hydrogen) atoms. The molecule has 6 heteroatoms. The zero-order valence-corrected chi connectivity index (χ0v) is 17.9. The van der Waals surface area contributed by atoms with E-state index in [9.17, 15) is 4.79 Å². The van der Waals surface area contributed by atoms with E-state index in [1.165, 1.54) is 5.56 Å². The van der Waals surface area contributed by atoms with Gasteiger partial charge in [-0.3, -0.25) is 4.79 Å². The van der Waals surface area contributed by atoms with Crippen molar-refractivity contribution in [1.82, 2.24) is 9.97 Å². The number of aromatic nitrogens is 2. The summed E-state index contributed by atoms with van der Waals surface area (Å²) in [5, 5.41) is 2.90. The molecule has 0 radical (unpaired) electrons. The van der Waals surface area contributed by atoms with E-state index in [1.807, 2.05) is 61.5 Å². The molecule has 6 nitrogen and oxygen atoms in total. The molecule has 0 saturated heterocycles. The molecular formula is C25H25N3O3. The molecule has 1 amide bonds. The Morgan fingerprint density at radius 3 is 2.68 bits per heavy atom. The van der Waals surface area contributed by atoms with Gasteiger partial charge in [-0.1, -0.05) is 26.0 Å². The molecule has 0 fully saturated rings. The van der Waals surface area contributed by atoms with E-state index >= 15 is 0 Å². The minimum Gasteiger partial charge on any atom is -0.484 e. The van der Waals surface area contributed by atoms with E-state index in [4.69, 9.17) is 9.15 Å². The molecule has 0 spiro atoms. The molecule has 4 rings (SSSR count). The van der Waals surface area contributed by atoms with Crippen LogP contribution in [0.2, 0.25) is 0 Å². The molecule has 4 aromatic rings. The summed E-state index contributed by atoms with van der Waals surface area (Å²) in [5.41, 5.74) is 4.93. The average molecular weight is 415 g/mol. The molecule has 0 saturated carbocycles. The zero-order valence-electron chi connectivity index (χ0n) is 17.9. The molecular weight excluding hydrogens is 390 g/mol. The summed E-state index contributed by atoms with van der Waals surface area (Å²) in [6.07, 6.45) is 2.77. The highest BCUT2D eigenvalue weighted by atomic mass is 16.5. The number of amides is 1. The quantitative estimate of drug-likeness (QED) is 0.417. The van der Waals surface area contributed by atoms with Crippen LogP contribution in [-0.4, -0.2) is 22.5 Å². The van der Waals surface area contributed by atoms with Crippen LogP contribution in [0, 0.1) is 6.92 Å². The van der Waals surface area contributed by atoms with Crippen molar-refractivity contribution in [2.75, 3.05) is 11.9 Å². The fourth-order valence-corrected chi connectivity index (χ4v) is 3.29. The van der Waals surface area contributed by atoms with Crippen LogP contribution in [0.5, 0.6) is 5.75 Å². The number of rotatable bonds is 7. The number of ether oxygens (including phenoxy) is 1. The summed E-state index contributed by atoms with van der Waals surface area (Å²) < 4.78 is 11.4. The highest BCUT2D eigenvalue weighted by Gasteiger charge is 2.12. The van der Waals surface area contributed by atoms with Gasteiger partial charge in [-0.05, 0) is 72.9 Å². The number of hydrogen-bond acceptors (Lipinski definition) is 5. The maximum absolute atomic E-state index is 12.4. The van der Waals surface area contributed by atoms with Gasteiger partial charge in [0, 0.05) is 17.4 Å². The molecule has 2 aromatic heterocycles. The van der Waals surface area contributed by atoms with Crippen LogP contribution in [0.1, 0.15) is 37.3 Å². The normalized spacial score (nSPS) is 12.0. The smallest absolute Gasteiger partial charge is 0.262 e. The Hall–Kier alpha value is -3.67. The summed E-state index contributed by atoms with van der Waals surface area (Å²) >= 11 is 0. The number of pyridine rings is 1. The molecule has 1 unspecified atom stereocenters. The van der Waals surface area contributed by atoms with Gasteiger partial charge in [0.2, 0.25) is 5.89 Å². The summed E-state index contributed by atoms with van der Waals surface area (Å²) in [4.78, 5) is 21.0. The van der Waals surface area contributed by atoms with Crippen molar-refractivity contribution in [1.29, 1.82) is 0 Å². The Labute approximate surface area is 181 Å². The van der Waals surface area contributed by atoms with Crippen LogP contribution >= 0.6 is 0 Å². The van der Waals surface area contributed by atoms with Crippen molar-refractivity contribution in [3.05, 3.63) is 71.9 Å². The number of oxazole rings is 1. The van der Waals surface area contributed by atoms with E-state index in [2.05, 4.69) is 29.1 Å². The van der Waals surface area contributed by atoms with Gasteiger partial charge < -0.3 is 14.5 Å². The van der Waals surface area contributed by atoms with E-state index in [0.717, 1.165) is 23.2 Å². The Morgan fingerprint density at radius 2 is 1.97 bits per heavy atom. The third-order valence-electron chi connectivity index (χ3n) is 5.34. The van der Waals surface area contributed by atoms with Crippen molar-refractivity contribution in [3.8, 4) is 17.2 Å². The van der Waals surface area contributed by atoms with Crippen LogP contribution < -0.4 is 10.1 Å². The van der Waals surface area contributed by atoms with Crippen LogP contribution in [0.3, 0.4) is 0 Å². The second-order valence-corrected chi connectivity index (χ2v) is 7.59. The van der Waals surface area contributed by atoms with Crippen molar-refractivity contribution in [2.24, 2.45) is 0 Å². The summed E-state index contributed by atoms with van der Waals surface area (Å²) in [6.45, 7) is 6.23. The number of carbonyl (C=O) groups is 1. The first-order valence-corrected chi connectivity index (χ1v) is 10.4. The number of aryl methyl sites for hydroxylation is 1. The van der Waals surface area contributed by atoms with E-state index < -0.39 is 0 Å². The van der Waals surface area contributed by atoms with Gasteiger partial charge in [0.15, 0.2) is 17.8 Å². The van der Waals surface area contributed by atoms with E-state index in [1.54, 1.807) is 6.20 Å². The number of nitrogens with zero attached hydrogens (tertiary/aromatic N) is 2. The molecule has 0 bridgehead atoms. The Bertz CT molecular complexity index is 1170. The van der Waals surface area contributed by atoms with Gasteiger partial charge in [0.1, 0.15) is 5.75 Å². The first-order valence-electron chi connectivity index (χ1n) is 10.4. The lowest BCUT2D eigenvalue weighted by Gasteiger charge is -2.12. The van der Waals surface area contributed by atoms with Crippen LogP contribution in [-0.2, 0) is 4.79 Å². The number of fused-ring (bicyclic) bond motifs is 1. The van der Waals surface area contributed by atoms with E-state index in [-0.39, 0.29) is 12.5 Å². The molecule has 2 aromatic carbocycles. The maximum Gasteiger partial charge on any atom is 0.262 e. The highest BCUT2D eigenvalue weighted by molar-refractivity contribution is 5.93. The van der Waals surface area contributed by atoms with Gasteiger partial charge >= 0.3 is 0 Å². The minimum absolute atomic E-state index is 0.0549. The average Bonchev–Trinajstić information content (AvgIpc) is 3.23. The van der Waals surface area contributed by atoms with Crippen LogP contribution in [0.25, 0.3) is 22.7 Å². The SMILES string of the molecule is CCC(C)c1ccc(OCC(=O)Nc2ccc(-c3nc4ncccc4o3)cc2C)cc1. The predicted molar refractivity (Wildman–Crippen MR) is 121 cm³/mol. The van der Waals surface area contributed by atoms with Crippen LogP contribution in [0.4, 0.5) is 5.69 Å². The number of nitrogens with one attached hydrogen (secondary N) is 1. The van der Waals surface area contributed by atoms with E-state index in [0.29, 0.717) is 28.8 Å². The first kappa shape index (κ1) is 20.6. The molecule has 0 aliphatic carbocycles. The molecule has 1 atom stereocenters. The standard InChI is InChI=1S/C25H25N3O3/c1-4-16(2)18-7-10-20(11-8-18)30-15-23(29)27-21-12-9-19(14-17(21)3)25-28-24-22(31-25)6-5-13-26-24/h5-14,16H,4,15H2,1-3H3,(H,27,29). The van der Waals surface area contributed by atoms with Crippen LogP contribution in [0.15, 0.2) is 65.2 Å². The van der Waals surface area contributed by atoms with Crippen molar-refractivity contribution >= 4 is 22.8 Å². The first-order chi connectivity index (χ1) is 15.0. The summed E-state index contributed by atoms with van der Waals surface area (Å²) in [7, 11) is 0. The Kier molecular flexibility index (Phi) is 5.98. The number of anilines is 1.